The van der Waals surface area contributed by atoms with Gasteiger partial charge in [-0.2, -0.15) is 5.10 Å². The number of rotatable bonds is 3. The number of hydrogen-bond donors (Lipinski definition) is 1. The van der Waals surface area contributed by atoms with Gasteiger partial charge in [0.05, 0.1) is 11.8 Å². The van der Waals surface area contributed by atoms with Crippen LogP contribution in [0.3, 0.4) is 0 Å². The predicted molar refractivity (Wildman–Crippen MR) is 88.1 cm³/mol. The van der Waals surface area contributed by atoms with Crippen molar-refractivity contribution in [1.82, 2.24) is 5.01 Å². The van der Waals surface area contributed by atoms with Gasteiger partial charge in [-0.05, 0) is 45.0 Å². The average Bonchev–Trinajstić information content (AvgIpc) is 2.48. The molecule has 1 amide bonds. The van der Waals surface area contributed by atoms with E-state index in [1.165, 1.54) is 11.2 Å². The van der Waals surface area contributed by atoms with Crippen molar-refractivity contribution in [2.75, 3.05) is 0 Å². The van der Waals surface area contributed by atoms with E-state index in [4.69, 9.17) is 0 Å². The van der Waals surface area contributed by atoms with Crippen molar-refractivity contribution in [3.05, 3.63) is 65.7 Å². The highest BCUT2D eigenvalue weighted by molar-refractivity contribution is 5.95. The molecule has 0 aliphatic carbocycles. The molecule has 0 spiro atoms. The smallest absolute Gasteiger partial charge is 0.274 e. The number of carbonyl (C=O) groups is 1. The fourth-order valence-electron chi connectivity index (χ4n) is 1.95. The van der Waals surface area contributed by atoms with Gasteiger partial charge in [0.1, 0.15) is 5.75 Å². The summed E-state index contributed by atoms with van der Waals surface area (Å²) in [6.07, 6.45) is 1.50. The second kappa shape index (κ2) is 6.43. The molecule has 2 aromatic rings. The van der Waals surface area contributed by atoms with E-state index >= 15 is 0 Å². The topological polar surface area (TPSA) is 52.9 Å². The zero-order chi connectivity index (χ0) is 16.2. The Morgan fingerprint density at radius 3 is 2.23 bits per heavy atom. The Kier molecular flexibility index (Phi) is 4.61. The number of phenols is 1. The summed E-state index contributed by atoms with van der Waals surface area (Å²) >= 11 is 0. The molecule has 0 heterocycles. The van der Waals surface area contributed by atoms with Gasteiger partial charge in [-0.3, -0.25) is 4.79 Å². The standard InChI is InChI=1S/C18H20N2O2/c1-18(2,3)20(17(22)14-9-5-4-6-10-14)19-13-15-11-7-8-12-16(15)21/h4-13,21H,1-3H3/b19-13+. The van der Waals surface area contributed by atoms with E-state index < -0.39 is 5.54 Å². The van der Waals surface area contributed by atoms with Gasteiger partial charge in [-0.25, -0.2) is 5.01 Å². The fourth-order valence-corrected chi connectivity index (χ4v) is 1.95. The molecule has 1 N–H and O–H groups in total. The van der Waals surface area contributed by atoms with Gasteiger partial charge in [0.25, 0.3) is 5.91 Å². The quantitative estimate of drug-likeness (QED) is 0.694. The summed E-state index contributed by atoms with van der Waals surface area (Å²) in [5.41, 5.74) is 0.665. The SMILES string of the molecule is CC(C)(C)N(/N=C/c1ccccc1O)C(=O)c1ccccc1. The van der Waals surface area contributed by atoms with Crippen molar-refractivity contribution in [3.63, 3.8) is 0 Å². The third-order valence-electron chi connectivity index (χ3n) is 3.10. The van der Waals surface area contributed by atoms with Crippen molar-refractivity contribution >= 4 is 12.1 Å². The van der Waals surface area contributed by atoms with E-state index in [1.54, 1.807) is 30.3 Å². The lowest BCUT2D eigenvalue weighted by atomic mass is 10.1. The molecule has 0 bridgehead atoms. The number of nitrogens with zero attached hydrogens (tertiary/aromatic N) is 2. The van der Waals surface area contributed by atoms with E-state index in [1.807, 2.05) is 45.0 Å². The second-order valence-electron chi connectivity index (χ2n) is 5.96. The summed E-state index contributed by atoms with van der Waals surface area (Å²) in [6, 6.07) is 15.9. The molecule has 0 saturated carbocycles. The first-order valence-electron chi connectivity index (χ1n) is 7.11. The lowest BCUT2D eigenvalue weighted by Crippen LogP contribution is -2.41. The third kappa shape index (κ3) is 3.73. The highest BCUT2D eigenvalue weighted by Gasteiger charge is 2.27. The van der Waals surface area contributed by atoms with Crippen LogP contribution >= 0.6 is 0 Å². The van der Waals surface area contributed by atoms with Crippen LogP contribution in [0, 0.1) is 0 Å². The van der Waals surface area contributed by atoms with E-state index in [2.05, 4.69) is 5.10 Å². The van der Waals surface area contributed by atoms with Gasteiger partial charge in [0, 0.05) is 11.1 Å². The van der Waals surface area contributed by atoms with Crippen LogP contribution in [0.25, 0.3) is 0 Å². The Morgan fingerprint density at radius 2 is 1.64 bits per heavy atom. The molecule has 4 nitrogen and oxygen atoms in total. The summed E-state index contributed by atoms with van der Waals surface area (Å²) in [4.78, 5) is 12.6. The molecule has 0 atom stereocenters. The first-order valence-corrected chi connectivity index (χ1v) is 7.11. The van der Waals surface area contributed by atoms with Crippen molar-refractivity contribution in [2.45, 2.75) is 26.3 Å². The Hall–Kier alpha value is -2.62. The average molecular weight is 296 g/mol. The van der Waals surface area contributed by atoms with Crippen LogP contribution < -0.4 is 0 Å². The Morgan fingerprint density at radius 1 is 1.05 bits per heavy atom. The number of aromatic hydroxyl groups is 1. The van der Waals surface area contributed by atoms with Gasteiger partial charge in [0.2, 0.25) is 0 Å². The molecule has 0 fully saturated rings. The van der Waals surface area contributed by atoms with Gasteiger partial charge < -0.3 is 5.11 Å². The van der Waals surface area contributed by atoms with Crippen LogP contribution in [0.1, 0.15) is 36.7 Å². The molecular weight excluding hydrogens is 276 g/mol. The maximum Gasteiger partial charge on any atom is 0.274 e. The van der Waals surface area contributed by atoms with Crippen LogP contribution in [0.15, 0.2) is 59.7 Å². The summed E-state index contributed by atoms with van der Waals surface area (Å²) in [5, 5.41) is 15.5. The maximum atomic E-state index is 12.6. The fraction of sp³-hybridized carbons (Fsp3) is 0.222. The van der Waals surface area contributed by atoms with Crippen LogP contribution in [0.5, 0.6) is 5.75 Å². The van der Waals surface area contributed by atoms with Crippen molar-refractivity contribution in [3.8, 4) is 5.75 Å². The molecule has 0 aliphatic heterocycles. The summed E-state index contributed by atoms with van der Waals surface area (Å²) in [7, 11) is 0. The van der Waals surface area contributed by atoms with Gasteiger partial charge in [-0.1, -0.05) is 30.3 Å². The Labute approximate surface area is 130 Å². The van der Waals surface area contributed by atoms with Crippen LogP contribution in [-0.2, 0) is 0 Å². The largest absolute Gasteiger partial charge is 0.507 e. The normalized spacial score (nSPS) is 11.6. The molecule has 0 aromatic heterocycles. The monoisotopic (exact) mass is 296 g/mol. The first-order chi connectivity index (χ1) is 10.4. The molecular formula is C18H20N2O2. The summed E-state index contributed by atoms with van der Waals surface area (Å²) < 4.78 is 0. The minimum absolute atomic E-state index is 0.132. The molecule has 0 saturated heterocycles. The molecule has 2 aromatic carbocycles. The first kappa shape index (κ1) is 15.8. The molecule has 0 unspecified atom stereocenters. The van der Waals surface area contributed by atoms with E-state index in [9.17, 15) is 9.90 Å². The lowest BCUT2D eigenvalue weighted by molar-refractivity contribution is 0.0593. The number of amides is 1. The van der Waals surface area contributed by atoms with Crippen LogP contribution in [-0.4, -0.2) is 27.8 Å². The van der Waals surface area contributed by atoms with E-state index in [-0.39, 0.29) is 11.7 Å². The molecule has 0 radical (unpaired) electrons. The van der Waals surface area contributed by atoms with Crippen molar-refractivity contribution in [2.24, 2.45) is 5.10 Å². The van der Waals surface area contributed by atoms with Gasteiger partial charge in [0.15, 0.2) is 0 Å². The number of carbonyl (C=O) groups excluding carboxylic acids is 1. The number of phenolic OH excluding ortho intramolecular Hbond substituents is 1. The molecule has 0 aliphatic rings. The van der Waals surface area contributed by atoms with E-state index in [0.717, 1.165) is 0 Å². The zero-order valence-corrected chi connectivity index (χ0v) is 13.0. The third-order valence-corrected chi connectivity index (χ3v) is 3.10. The Bertz CT molecular complexity index is 673. The Balaban J connectivity index is 2.32. The number of hydrogen-bond acceptors (Lipinski definition) is 3. The molecule has 4 heteroatoms. The summed E-state index contributed by atoms with van der Waals surface area (Å²) in [5.74, 6) is -0.0490. The van der Waals surface area contributed by atoms with E-state index in [0.29, 0.717) is 11.1 Å². The molecule has 114 valence electrons. The zero-order valence-electron chi connectivity index (χ0n) is 13.0. The number of benzene rings is 2. The van der Waals surface area contributed by atoms with Crippen LogP contribution in [0.2, 0.25) is 0 Å². The second-order valence-corrected chi connectivity index (χ2v) is 5.96. The van der Waals surface area contributed by atoms with Crippen molar-refractivity contribution < 1.29 is 9.90 Å². The van der Waals surface area contributed by atoms with Crippen LogP contribution in [0.4, 0.5) is 0 Å². The van der Waals surface area contributed by atoms with Gasteiger partial charge >= 0.3 is 0 Å². The van der Waals surface area contributed by atoms with Gasteiger partial charge in [-0.15, -0.1) is 0 Å². The molecule has 2 rings (SSSR count). The summed E-state index contributed by atoms with van der Waals surface area (Å²) in [6.45, 7) is 5.74. The number of para-hydroxylation sites is 1. The maximum absolute atomic E-state index is 12.6. The highest BCUT2D eigenvalue weighted by Crippen LogP contribution is 2.19. The minimum atomic E-state index is -0.478. The highest BCUT2D eigenvalue weighted by atomic mass is 16.3. The number of hydrazone groups is 1. The molecule has 22 heavy (non-hydrogen) atoms. The predicted octanol–water partition coefficient (Wildman–Crippen LogP) is 3.67. The van der Waals surface area contributed by atoms with Crippen molar-refractivity contribution in [1.29, 1.82) is 0 Å². The minimum Gasteiger partial charge on any atom is -0.507 e. The lowest BCUT2D eigenvalue weighted by Gasteiger charge is -2.31.